The largest absolute Gasteiger partial charge is 0.496 e. The number of hydrogen-bond donors (Lipinski definition) is 0. The molecule has 0 aliphatic carbocycles. The van der Waals surface area contributed by atoms with E-state index in [9.17, 15) is 4.79 Å². The lowest BCUT2D eigenvalue weighted by atomic mass is 10.1. The molecule has 0 radical (unpaired) electrons. The summed E-state index contributed by atoms with van der Waals surface area (Å²) in [5.41, 5.74) is 1.22. The molecule has 2 aromatic carbocycles. The summed E-state index contributed by atoms with van der Waals surface area (Å²) in [6, 6.07) is 11.6. The molecule has 0 spiro atoms. The van der Waals surface area contributed by atoms with Crippen LogP contribution in [-0.2, 0) is 6.54 Å². The van der Waals surface area contributed by atoms with E-state index in [1.807, 2.05) is 36.4 Å². The third-order valence-electron chi connectivity index (χ3n) is 4.30. The number of hydrogen-bond acceptors (Lipinski definition) is 4. The quantitative estimate of drug-likeness (QED) is 0.656. The number of benzene rings is 2. The van der Waals surface area contributed by atoms with E-state index in [-0.39, 0.29) is 5.43 Å². The fourth-order valence-electron chi connectivity index (χ4n) is 2.92. The predicted octanol–water partition coefficient (Wildman–Crippen LogP) is 4.27. The lowest BCUT2D eigenvalue weighted by Crippen LogP contribution is -2.22. The Kier molecular flexibility index (Phi) is 4.64. The molecule has 0 fully saturated rings. The van der Waals surface area contributed by atoms with Crippen molar-refractivity contribution in [1.29, 1.82) is 0 Å². The zero-order chi connectivity index (χ0) is 16.4. The highest BCUT2D eigenvalue weighted by molar-refractivity contribution is 7.24. The first-order valence-corrected chi connectivity index (χ1v) is 8.75. The van der Waals surface area contributed by atoms with Gasteiger partial charge in [-0.05, 0) is 37.4 Å². The number of methoxy groups -OCH3 is 1. The Labute approximate surface area is 140 Å². The standard InChI is InChI=1S/C19H21NO2S/c1-4-20(5-2)12-15-16(22-3)11-10-14-18(21)13-8-6-7-9-17(13)23-19(14)15/h6-11H,4-5,12H2,1-3H3. The molecule has 4 heteroatoms. The van der Waals surface area contributed by atoms with Crippen molar-refractivity contribution < 1.29 is 4.74 Å². The van der Waals surface area contributed by atoms with E-state index in [0.29, 0.717) is 0 Å². The van der Waals surface area contributed by atoms with Gasteiger partial charge in [0.15, 0.2) is 5.43 Å². The van der Waals surface area contributed by atoms with Crippen molar-refractivity contribution >= 4 is 31.5 Å². The summed E-state index contributed by atoms with van der Waals surface area (Å²) in [4.78, 5) is 15.2. The molecule has 1 heterocycles. The lowest BCUT2D eigenvalue weighted by molar-refractivity contribution is 0.290. The molecular weight excluding hydrogens is 306 g/mol. The van der Waals surface area contributed by atoms with E-state index in [4.69, 9.17) is 4.74 Å². The van der Waals surface area contributed by atoms with Crippen LogP contribution in [0.5, 0.6) is 5.75 Å². The van der Waals surface area contributed by atoms with Crippen LogP contribution in [0.25, 0.3) is 20.2 Å². The molecule has 0 atom stereocenters. The second-order valence-electron chi connectivity index (χ2n) is 5.51. The molecule has 120 valence electrons. The van der Waals surface area contributed by atoms with Gasteiger partial charge < -0.3 is 4.74 Å². The fraction of sp³-hybridized carbons (Fsp3) is 0.316. The second kappa shape index (κ2) is 6.69. The summed E-state index contributed by atoms with van der Waals surface area (Å²) in [6.07, 6.45) is 0. The Hall–Kier alpha value is -1.91. The fourth-order valence-corrected chi connectivity index (χ4v) is 4.11. The third kappa shape index (κ3) is 2.84. The van der Waals surface area contributed by atoms with E-state index in [1.165, 1.54) is 0 Å². The van der Waals surface area contributed by atoms with Crippen LogP contribution in [0.15, 0.2) is 41.2 Å². The van der Waals surface area contributed by atoms with Crippen LogP contribution < -0.4 is 10.2 Å². The van der Waals surface area contributed by atoms with Crippen molar-refractivity contribution in [3.8, 4) is 5.75 Å². The maximum absolute atomic E-state index is 12.8. The molecule has 0 saturated heterocycles. The minimum absolute atomic E-state index is 0.109. The van der Waals surface area contributed by atoms with Gasteiger partial charge in [0.05, 0.1) is 7.11 Å². The van der Waals surface area contributed by atoms with Gasteiger partial charge in [0.25, 0.3) is 0 Å². The minimum atomic E-state index is 0.109. The van der Waals surface area contributed by atoms with Gasteiger partial charge >= 0.3 is 0 Å². The average Bonchev–Trinajstić information content (AvgIpc) is 2.60. The maximum atomic E-state index is 12.8. The van der Waals surface area contributed by atoms with Crippen molar-refractivity contribution in [3.63, 3.8) is 0 Å². The average molecular weight is 327 g/mol. The molecule has 0 N–H and O–H groups in total. The summed E-state index contributed by atoms with van der Waals surface area (Å²) in [6.45, 7) is 7.04. The Bertz CT molecular complexity index is 897. The van der Waals surface area contributed by atoms with Gasteiger partial charge in [-0.15, -0.1) is 11.3 Å². The Morgan fingerprint density at radius 2 is 1.78 bits per heavy atom. The smallest absolute Gasteiger partial charge is 0.195 e. The summed E-state index contributed by atoms with van der Waals surface area (Å²) >= 11 is 1.68. The van der Waals surface area contributed by atoms with Gasteiger partial charge in [-0.1, -0.05) is 26.0 Å². The molecule has 3 aromatic rings. The molecule has 3 nitrogen and oxygen atoms in total. The predicted molar refractivity (Wildman–Crippen MR) is 98.8 cm³/mol. The number of ether oxygens (including phenoxy) is 1. The molecular formula is C19H21NO2S. The molecule has 0 aliphatic heterocycles. The summed E-state index contributed by atoms with van der Waals surface area (Å²) in [7, 11) is 1.69. The number of rotatable bonds is 5. The molecule has 0 amide bonds. The highest BCUT2D eigenvalue weighted by Crippen LogP contribution is 2.33. The topological polar surface area (TPSA) is 29.5 Å². The minimum Gasteiger partial charge on any atom is -0.496 e. The summed E-state index contributed by atoms with van der Waals surface area (Å²) in [5.74, 6) is 0.857. The highest BCUT2D eigenvalue weighted by atomic mass is 32.1. The maximum Gasteiger partial charge on any atom is 0.195 e. The van der Waals surface area contributed by atoms with Gasteiger partial charge in [0.2, 0.25) is 0 Å². The Morgan fingerprint density at radius 3 is 2.48 bits per heavy atom. The summed E-state index contributed by atoms with van der Waals surface area (Å²) < 4.78 is 7.64. The van der Waals surface area contributed by atoms with Crippen molar-refractivity contribution in [2.24, 2.45) is 0 Å². The zero-order valence-electron chi connectivity index (χ0n) is 13.8. The van der Waals surface area contributed by atoms with E-state index in [0.717, 1.165) is 51.1 Å². The normalized spacial score (nSPS) is 11.5. The first kappa shape index (κ1) is 16.0. The lowest BCUT2D eigenvalue weighted by Gasteiger charge is -2.21. The van der Waals surface area contributed by atoms with Crippen LogP contribution in [-0.4, -0.2) is 25.1 Å². The van der Waals surface area contributed by atoms with Gasteiger partial charge in [-0.2, -0.15) is 0 Å². The van der Waals surface area contributed by atoms with Crippen molar-refractivity contribution in [2.45, 2.75) is 20.4 Å². The second-order valence-corrected chi connectivity index (χ2v) is 6.56. The molecule has 23 heavy (non-hydrogen) atoms. The van der Waals surface area contributed by atoms with Crippen LogP contribution in [0.1, 0.15) is 19.4 Å². The van der Waals surface area contributed by atoms with Gasteiger partial charge in [-0.3, -0.25) is 9.69 Å². The van der Waals surface area contributed by atoms with Crippen LogP contribution in [0, 0.1) is 0 Å². The van der Waals surface area contributed by atoms with E-state index < -0.39 is 0 Å². The third-order valence-corrected chi connectivity index (χ3v) is 5.55. The van der Waals surface area contributed by atoms with Crippen LogP contribution >= 0.6 is 11.3 Å². The zero-order valence-corrected chi connectivity index (χ0v) is 14.6. The van der Waals surface area contributed by atoms with Crippen molar-refractivity contribution in [1.82, 2.24) is 4.90 Å². The first-order chi connectivity index (χ1) is 11.2. The van der Waals surface area contributed by atoms with Gasteiger partial charge in [-0.25, -0.2) is 0 Å². The Balaban J connectivity index is 2.33. The van der Waals surface area contributed by atoms with E-state index in [2.05, 4.69) is 18.7 Å². The number of fused-ring (bicyclic) bond motifs is 2. The molecule has 3 rings (SSSR count). The molecule has 0 bridgehead atoms. The Morgan fingerprint density at radius 1 is 1.04 bits per heavy atom. The van der Waals surface area contributed by atoms with Crippen LogP contribution in [0.2, 0.25) is 0 Å². The van der Waals surface area contributed by atoms with Gasteiger partial charge in [0, 0.05) is 32.3 Å². The molecule has 0 unspecified atom stereocenters. The van der Waals surface area contributed by atoms with Crippen LogP contribution in [0.4, 0.5) is 0 Å². The van der Waals surface area contributed by atoms with E-state index >= 15 is 0 Å². The molecule has 0 aliphatic rings. The molecule has 1 aromatic heterocycles. The monoisotopic (exact) mass is 327 g/mol. The SMILES string of the molecule is CCN(CC)Cc1c(OC)ccc2c(=O)c3ccccc3sc12. The summed E-state index contributed by atoms with van der Waals surface area (Å²) in [5, 5.41) is 1.58. The number of nitrogens with zero attached hydrogens (tertiary/aromatic N) is 1. The van der Waals surface area contributed by atoms with E-state index in [1.54, 1.807) is 18.4 Å². The first-order valence-electron chi connectivity index (χ1n) is 7.93. The van der Waals surface area contributed by atoms with Crippen molar-refractivity contribution in [2.75, 3.05) is 20.2 Å². The van der Waals surface area contributed by atoms with Crippen molar-refractivity contribution in [3.05, 3.63) is 52.2 Å². The van der Waals surface area contributed by atoms with Crippen LogP contribution in [0.3, 0.4) is 0 Å². The van der Waals surface area contributed by atoms with Gasteiger partial charge in [0.1, 0.15) is 5.75 Å². The highest BCUT2D eigenvalue weighted by Gasteiger charge is 2.15. The molecule has 0 saturated carbocycles.